The molecule has 1 fully saturated rings. The van der Waals surface area contributed by atoms with E-state index in [1.807, 2.05) is 0 Å². The molecule has 1 aliphatic heterocycles. The molecule has 0 unspecified atom stereocenters. The van der Waals surface area contributed by atoms with Gasteiger partial charge in [0.05, 0.1) is 6.20 Å². The Hall–Kier alpha value is -2.62. The highest BCUT2D eigenvalue weighted by molar-refractivity contribution is 5.66. The molecule has 3 rings (SSSR count). The van der Waals surface area contributed by atoms with Crippen molar-refractivity contribution in [1.82, 2.24) is 19.7 Å². The maximum absolute atomic E-state index is 9.27. The topological polar surface area (TPSA) is 96.6 Å². The van der Waals surface area contributed by atoms with E-state index < -0.39 is 0 Å². The molecule has 0 aliphatic carbocycles. The van der Waals surface area contributed by atoms with Gasteiger partial charge >= 0.3 is 0 Å². The summed E-state index contributed by atoms with van der Waals surface area (Å²) in [6.45, 7) is 1.82. The molecule has 3 heterocycles. The summed E-state index contributed by atoms with van der Waals surface area (Å²) in [7, 11) is 0. The van der Waals surface area contributed by atoms with Gasteiger partial charge in [0.2, 0.25) is 0 Å². The second-order valence-electron chi connectivity index (χ2n) is 4.37. The molecule has 7 nitrogen and oxygen atoms in total. The van der Waals surface area contributed by atoms with Gasteiger partial charge in [-0.05, 0) is 12.8 Å². The summed E-state index contributed by atoms with van der Waals surface area (Å²) in [5.41, 5.74) is 6.41. The van der Waals surface area contributed by atoms with Gasteiger partial charge in [-0.25, -0.2) is 4.98 Å². The van der Waals surface area contributed by atoms with Gasteiger partial charge in [0.15, 0.2) is 11.6 Å². The van der Waals surface area contributed by atoms with E-state index in [1.165, 1.54) is 4.68 Å². The molecular weight excluding hydrogens is 242 g/mol. The zero-order valence-electron chi connectivity index (χ0n) is 10.3. The van der Waals surface area contributed by atoms with Gasteiger partial charge in [0.25, 0.3) is 0 Å². The van der Waals surface area contributed by atoms with E-state index >= 15 is 0 Å². The Balaban J connectivity index is 2.10. The molecule has 1 saturated heterocycles. The third-order valence-electron chi connectivity index (χ3n) is 3.19. The van der Waals surface area contributed by atoms with Crippen molar-refractivity contribution in [3.63, 3.8) is 0 Å². The number of nitrogen functional groups attached to an aromatic ring is 1. The van der Waals surface area contributed by atoms with E-state index in [0.29, 0.717) is 23.0 Å². The van der Waals surface area contributed by atoms with Gasteiger partial charge in [-0.15, -0.1) is 5.10 Å². The SMILES string of the molecule is N#Cc1c(N2CCCC2)nn(-c2cnccn2)c1N. The smallest absolute Gasteiger partial charge is 0.174 e. The van der Waals surface area contributed by atoms with Crippen LogP contribution >= 0.6 is 0 Å². The lowest BCUT2D eigenvalue weighted by atomic mass is 10.3. The molecule has 1 aliphatic rings. The van der Waals surface area contributed by atoms with Gasteiger partial charge in [-0.2, -0.15) is 9.94 Å². The van der Waals surface area contributed by atoms with Crippen molar-refractivity contribution in [2.24, 2.45) is 0 Å². The first-order valence-corrected chi connectivity index (χ1v) is 6.11. The molecule has 96 valence electrons. The predicted octanol–water partition coefficient (Wildman–Crippen LogP) is 0.716. The van der Waals surface area contributed by atoms with E-state index in [9.17, 15) is 5.26 Å². The summed E-state index contributed by atoms with van der Waals surface area (Å²) in [4.78, 5) is 10.2. The summed E-state index contributed by atoms with van der Waals surface area (Å²) in [5, 5.41) is 13.7. The maximum Gasteiger partial charge on any atom is 0.174 e. The van der Waals surface area contributed by atoms with Gasteiger partial charge in [-0.1, -0.05) is 0 Å². The normalized spacial score (nSPS) is 14.6. The summed E-state index contributed by atoms with van der Waals surface area (Å²) in [6, 6.07) is 2.13. The number of aromatic nitrogens is 4. The van der Waals surface area contributed by atoms with Crippen LogP contribution < -0.4 is 10.6 Å². The minimum Gasteiger partial charge on any atom is -0.382 e. The molecule has 7 heteroatoms. The van der Waals surface area contributed by atoms with Crippen molar-refractivity contribution in [3.8, 4) is 11.9 Å². The summed E-state index contributed by atoms with van der Waals surface area (Å²) >= 11 is 0. The lowest BCUT2D eigenvalue weighted by molar-refractivity contribution is 0.822. The Morgan fingerprint density at radius 2 is 2.05 bits per heavy atom. The van der Waals surface area contributed by atoms with Gasteiger partial charge in [0, 0.05) is 25.5 Å². The minimum atomic E-state index is 0.310. The van der Waals surface area contributed by atoms with Crippen LogP contribution in [0.2, 0.25) is 0 Å². The maximum atomic E-state index is 9.27. The molecule has 0 amide bonds. The summed E-state index contributed by atoms with van der Waals surface area (Å²) in [6.07, 6.45) is 6.94. The third kappa shape index (κ3) is 1.87. The standard InChI is InChI=1S/C12H13N7/c13-7-9-11(14)19(10-8-15-3-4-16-10)17-12(9)18-5-1-2-6-18/h3-4,8H,1-2,5-6,14H2. The number of nitrogens with two attached hydrogens (primary N) is 1. The highest BCUT2D eigenvalue weighted by atomic mass is 15.4. The van der Waals surface area contributed by atoms with Gasteiger partial charge < -0.3 is 10.6 Å². The highest BCUT2D eigenvalue weighted by Gasteiger charge is 2.24. The van der Waals surface area contributed by atoms with Gasteiger partial charge in [0.1, 0.15) is 17.5 Å². The van der Waals surface area contributed by atoms with Crippen molar-refractivity contribution in [2.75, 3.05) is 23.7 Å². The van der Waals surface area contributed by atoms with E-state index in [0.717, 1.165) is 25.9 Å². The fourth-order valence-electron chi connectivity index (χ4n) is 2.25. The number of nitrogens with zero attached hydrogens (tertiary/aromatic N) is 6. The quantitative estimate of drug-likeness (QED) is 0.849. The van der Waals surface area contributed by atoms with Crippen LogP contribution in [0.1, 0.15) is 18.4 Å². The second-order valence-corrected chi connectivity index (χ2v) is 4.37. The molecule has 0 saturated carbocycles. The molecule has 0 radical (unpaired) electrons. The van der Waals surface area contributed by atoms with Crippen molar-refractivity contribution < 1.29 is 0 Å². The second kappa shape index (κ2) is 4.57. The molecular formula is C12H13N7. The van der Waals surface area contributed by atoms with Crippen LogP contribution in [0.4, 0.5) is 11.6 Å². The zero-order valence-corrected chi connectivity index (χ0v) is 10.3. The monoisotopic (exact) mass is 255 g/mol. The highest BCUT2D eigenvalue weighted by Crippen LogP contribution is 2.28. The van der Waals surface area contributed by atoms with Crippen molar-refractivity contribution >= 4 is 11.6 Å². The summed E-state index contributed by atoms with van der Waals surface area (Å²) in [5.74, 6) is 1.47. The van der Waals surface area contributed by atoms with E-state index in [2.05, 4.69) is 26.0 Å². The van der Waals surface area contributed by atoms with E-state index in [-0.39, 0.29) is 0 Å². The third-order valence-corrected chi connectivity index (χ3v) is 3.19. The number of hydrogen-bond acceptors (Lipinski definition) is 6. The van der Waals surface area contributed by atoms with E-state index in [4.69, 9.17) is 5.73 Å². The molecule has 0 bridgehead atoms. The van der Waals surface area contributed by atoms with Crippen LogP contribution in [-0.2, 0) is 0 Å². The summed E-state index contributed by atoms with van der Waals surface area (Å²) < 4.78 is 1.47. The first kappa shape index (κ1) is 11.5. The number of rotatable bonds is 2. The van der Waals surface area contributed by atoms with E-state index in [1.54, 1.807) is 18.6 Å². The van der Waals surface area contributed by atoms with Crippen molar-refractivity contribution in [1.29, 1.82) is 5.26 Å². The molecule has 2 aromatic heterocycles. The lowest BCUT2D eigenvalue weighted by Gasteiger charge is -2.13. The van der Waals surface area contributed by atoms with Crippen LogP contribution in [0.25, 0.3) is 5.82 Å². The molecule has 0 aromatic carbocycles. The molecule has 0 spiro atoms. The Bertz CT molecular complexity index is 620. The lowest BCUT2D eigenvalue weighted by Crippen LogP contribution is -2.19. The number of hydrogen-bond donors (Lipinski definition) is 1. The van der Waals surface area contributed by atoms with Crippen LogP contribution in [0, 0.1) is 11.3 Å². The number of nitriles is 1. The van der Waals surface area contributed by atoms with Crippen LogP contribution in [0.3, 0.4) is 0 Å². The Kier molecular flexibility index (Phi) is 2.76. The first-order valence-electron chi connectivity index (χ1n) is 6.11. The Morgan fingerprint density at radius 1 is 1.26 bits per heavy atom. The largest absolute Gasteiger partial charge is 0.382 e. The first-order chi connectivity index (χ1) is 9.31. The van der Waals surface area contributed by atoms with Gasteiger partial charge in [-0.3, -0.25) is 4.98 Å². The van der Waals surface area contributed by atoms with Crippen LogP contribution in [-0.4, -0.2) is 32.8 Å². The molecule has 2 aromatic rings. The zero-order chi connectivity index (χ0) is 13.2. The van der Waals surface area contributed by atoms with Crippen LogP contribution in [0.15, 0.2) is 18.6 Å². The number of anilines is 2. The Labute approximate surface area is 110 Å². The minimum absolute atomic E-state index is 0.310. The molecule has 19 heavy (non-hydrogen) atoms. The average Bonchev–Trinajstić information content (AvgIpc) is 3.07. The predicted molar refractivity (Wildman–Crippen MR) is 69.7 cm³/mol. The van der Waals surface area contributed by atoms with Crippen molar-refractivity contribution in [3.05, 3.63) is 24.2 Å². The fourth-order valence-corrected chi connectivity index (χ4v) is 2.25. The Morgan fingerprint density at radius 3 is 2.68 bits per heavy atom. The molecule has 0 atom stereocenters. The fraction of sp³-hybridized carbons (Fsp3) is 0.333. The average molecular weight is 255 g/mol. The molecule has 2 N–H and O–H groups in total. The van der Waals surface area contributed by atoms with Crippen molar-refractivity contribution in [2.45, 2.75) is 12.8 Å². The van der Waals surface area contributed by atoms with Crippen LogP contribution in [0.5, 0.6) is 0 Å².